The number of aliphatic hydroxyl groups excluding tert-OH is 1. The summed E-state index contributed by atoms with van der Waals surface area (Å²) in [5.41, 5.74) is 3.18. The number of anilines is 2. The van der Waals surface area contributed by atoms with Gasteiger partial charge in [-0.05, 0) is 54.7 Å². The Bertz CT molecular complexity index is 1300. The van der Waals surface area contributed by atoms with Crippen LogP contribution in [0.1, 0.15) is 12.0 Å². The second-order valence-electron chi connectivity index (χ2n) is 8.26. The van der Waals surface area contributed by atoms with E-state index in [0.717, 1.165) is 33.7 Å². The average Bonchev–Trinajstić information content (AvgIpc) is 3.13. The van der Waals surface area contributed by atoms with Crippen LogP contribution in [0, 0.1) is 12.7 Å². The molecule has 0 radical (unpaired) electrons. The molecule has 2 aromatic carbocycles. The average molecular weight is 457 g/mol. The zero-order valence-electron chi connectivity index (χ0n) is 17.8. The Morgan fingerprint density at radius 3 is 2.81 bits per heavy atom. The first-order valence-corrected chi connectivity index (χ1v) is 12.6. The summed E-state index contributed by atoms with van der Waals surface area (Å²) in [6, 6.07) is 8.21. The number of aromatic nitrogens is 2. The number of aryl methyl sites for hydroxylation is 1. The maximum Gasteiger partial charge on any atom is 0.150 e. The molecule has 0 bridgehead atoms. The summed E-state index contributed by atoms with van der Waals surface area (Å²) in [4.78, 5) is 8.87. The van der Waals surface area contributed by atoms with E-state index in [9.17, 15) is 9.50 Å². The van der Waals surface area contributed by atoms with Crippen molar-refractivity contribution in [3.05, 3.63) is 48.0 Å². The fourth-order valence-corrected chi connectivity index (χ4v) is 5.63. The van der Waals surface area contributed by atoms with Gasteiger partial charge < -0.3 is 19.9 Å². The van der Waals surface area contributed by atoms with Gasteiger partial charge in [-0.25, -0.2) is 18.7 Å². The molecule has 0 unspecified atom stereocenters. The molecule has 2 saturated heterocycles. The summed E-state index contributed by atoms with van der Waals surface area (Å²) in [7, 11) is -1.13. The summed E-state index contributed by atoms with van der Waals surface area (Å²) in [5, 5.41) is 14.1. The number of aliphatic hydroxyl groups is 1. The van der Waals surface area contributed by atoms with Gasteiger partial charge in [-0.1, -0.05) is 5.87 Å². The van der Waals surface area contributed by atoms with E-state index in [4.69, 9.17) is 13.8 Å². The lowest BCUT2D eigenvalue weighted by Crippen LogP contribution is -2.30. The minimum absolute atomic E-state index is 0.197. The molecule has 0 aliphatic carbocycles. The molecule has 9 heteroatoms. The minimum atomic E-state index is -1.13. The van der Waals surface area contributed by atoms with Crippen molar-refractivity contribution >= 4 is 43.4 Å². The molecule has 2 N–H and O–H groups in total. The standard InChI is InChI=1S/C23H25FN4O3S/c1-14-8-16(28-32(2)6-3-7-32)10-18-22(14)23(26-13-25-18)27-17-5-4-15(24)9-20(17)31-21-12-30-11-19(21)29/h4-5,8-10,13,19,21,29H,2-3,6-7,11-12H2,1H3,(H,25,26,27)/t19-,21-/m0/s1. The van der Waals surface area contributed by atoms with Gasteiger partial charge in [0.2, 0.25) is 0 Å². The summed E-state index contributed by atoms with van der Waals surface area (Å²) in [6.45, 7) is 2.44. The highest BCUT2D eigenvalue weighted by Gasteiger charge is 2.29. The van der Waals surface area contributed by atoms with E-state index in [0.29, 0.717) is 11.5 Å². The molecule has 2 aliphatic rings. The molecule has 2 atom stereocenters. The van der Waals surface area contributed by atoms with E-state index < -0.39 is 27.4 Å². The number of nitrogens with one attached hydrogen (secondary N) is 1. The van der Waals surface area contributed by atoms with E-state index >= 15 is 0 Å². The van der Waals surface area contributed by atoms with Gasteiger partial charge in [0.15, 0.2) is 6.10 Å². The molecule has 0 saturated carbocycles. The molecule has 2 aliphatic heterocycles. The maximum atomic E-state index is 13.9. The van der Waals surface area contributed by atoms with E-state index in [1.54, 1.807) is 6.07 Å². The molecule has 0 spiro atoms. The number of halogens is 1. The van der Waals surface area contributed by atoms with E-state index in [1.807, 2.05) is 19.1 Å². The van der Waals surface area contributed by atoms with Gasteiger partial charge >= 0.3 is 0 Å². The second kappa shape index (κ2) is 8.31. The van der Waals surface area contributed by atoms with E-state index in [1.165, 1.54) is 24.9 Å². The predicted molar refractivity (Wildman–Crippen MR) is 126 cm³/mol. The lowest BCUT2D eigenvalue weighted by molar-refractivity contribution is 0.0736. The molecule has 5 rings (SSSR count). The van der Waals surface area contributed by atoms with Crippen molar-refractivity contribution in [2.24, 2.45) is 4.36 Å². The van der Waals surface area contributed by atoms with Gasteiger partial charge in [0.05, 0.1) is 30.1 Å². The summed E-state index contributed by atoms with van der Waals surface area (Å²) >= 11 is 0. The van der Waals surface area contributed by atoms with Crippen LogP contribution in [-0.2, 0) is 14.2 Å². The number of benzene rings is 2. The highest BCUT2D eigenvalue weighted by Crippen LogP contribution is 2.35. The zero-order chi connectivity index (χ0) is 22.3. The second-order valence-corrected chi connectivity index (χ2v) is 11.3. The first kappa shape index (κ1) is 21.1. The Hall–Kier alpha value is -2.75. The molecule has 7 nitrogen and oxygen atoms in total. The molecular weight excluding hydrogens is 431 g/mol. The largest absolute Gasteiger partial charge is 0.483 e. The number of ether oxygens (including phenoxy) is 2. The number of rotatable bonds is 5. The fraction of sp³-hybridized carbons (Fsp3) is 0.348. The molecular formula is C23H25FN4O3S. The Balaban J connectivity index is 1.51. The third kappa shape index (κ3) is 4.15. The highest BCUT2D eigenvalue weighted by atomic mass is 32.2. The van der Waals surface area contributed by atoms with Gasteiger partial charge in [0.25, 0.3) is 0 Å². The number of nitrogens with zero attached hydrogens (tertiary/aromatic N) is 3. The molecule has 32 heavy (non-hydrogen) atoms. The van der Waals surface area contributed by atoms with Crippen molar-refractivity contribution in [2.45, 2.75) is 25.6 Å². The van der Waals surface area contributed by atoms with Crippen molar-refractivity contribution in [3.63, 3.8) is 0 Å². The van der Waals surface area contributed by atoms with Gasteiger partial charge in [0.1, 0.15) is 29.8 Å². The molecule has 3 aromatic rings. The summed E-state index contributed by atoms with van der Waals surface area (Å²) < 4.78 is 30.0. The first-order chi connectivity index (χ1) is 15.4. The van der Waals surface area contributed by atoms with Crippen LogP contribution in [0.3, 0.4) is 0 Å². The summed E-state index contributed by atoms with van der Waals surface area (Å²) in [6.07, 6.45) is 1.36. The number of hydrogen-bond donors (Lipinski definition) is 2. The minimum Gasteiger partial charge on any atom is -0.483 e. The lowest BCUT2D eigenvalue weighted by atomic mass is 10.1. The Labute approximate surface area is 186 Å². The Morgan fingerprint density at radius 2 is 2.09 bits per heavy atom. The highest BCUT2D eigenvalue weighted by molar-refractivity contribution is 8.03. The Morgan fingerprint density at radius 1 is 1.25 bits per heavy atom. The normalized spacial score (nSPS) is 21.8. The molecule has 168 valence electrons. The monoisotopic (exact) mass is 456 g/mol. The fourth-order valence-electron chi connectivity index (χ4n) is 3.94. The topological polar surface area (TPSA) is 88.9 Å². The molecule has 2 fully saturated rings. The van der Waals surface area contributed by atoms with Gasteiger partial charge in [-0.3, -0.25) is 0 Å². The van der Waals surface area contributed by atoms with Gasteiger partial charge in [-0.15, -0.1) is 9.41 Å². The number of fused-ring (bicyclic) bond motifs is 1. The molecule has 3 heterocycles. The zero-order valence-corrected chi connectivity index (χ0v) is 18.6. The lowest BCUT2D eigenvalue weighted by Gasteiger charge is -2.24. The van der Waals surface area contributed by atoms with Crippen molar-refractivity contribution in [2.75, 3.05) is 30.0 Å². The van der Waals surface area contributed by atoms with Crippen molar-refractivity contribution in [3.8, 4) is 5.75 Å². The SMILES string of the molecule is C=S1(=Nc2cc(C)c3c(Nc4ccc(F)cc4O[C@H]4COC[C@@H]4O)ncnc3c2)CCC1. The first-order valence-electron chi connectivity index (χ1n) is 10.5. The van der Waals surface area contributed by atoms with Crippen LogP contribution in [0.25, 0.3) is 10.9 Å². The van der Waals surface area contributed by atoms with E-state index in [-0.39, 0.29) is 19.0 Å². The van der Waals surface area contributed by atoms with Crippen molar-refractivity contribution < 1.29 is 19.0 Å². The van der Waals surface area contributed by atoms with Gasteiger partial charge in [0, 0.05) is 11.5 Å². The smallest absolute Gasteiger partial charge is 0.150 e. The van der Waals surface area contributed by atoms with Gasteiger partial charge in [-0.2, -0.15) is 0 Å². The predicted octanol–water partition coefficient (Wildman–Crippen LogP) is 3.76. The van der Waals surface area contributed by atoms with Crippen LogP contribution in [0.15, 0.2) is 41.0 Å². The Kier molecular flexibility index (Phi) is 5.48. The number of hydrogen-bond acceptors (Lipinski definition) is 7. The third-order valence-electron chi connectivity index (χ3n) is 5.74. The molecule has 1 aromatic heterocycles. The summed E-state index contributed by atoms with van der Waals surface area (Å²) in [5.74, 6) is 6.90. The quantitative estimate of drug-likeness (QED) is 0.569. The van der Waals surface area contributed by atoms with Crippen LogP contribution >= 0.6 is 0 Å². The molecule has 0 amide bonds. The third-order valence-corrected chi connectivity index (χ3v) is 8.44. The van der Waals surface area contributed by atoms with Crippen LogP contribution in [0.5, 0.6) is 5.75 Å². The van der Waals surface area contributed by atoms with Crippen molar-refractivity contribution in [1.82, 2.24) is 9.97 Å². The van der Waals surface area contributed by atoms with Crippen LogP contribution < -0.4 is 10.1 Å². The van der Waals surface area contributed by atoms with Crippen LogP contribution in [0.2, 0.25) is 0 Å². The van der Waals surface area contributed by atoms with Crippen molar-refractivity contribution in [1.29, 1.82) is 0 Å². The van der Waals surface area contributed by atoms with Crippen LogP contribution in [0.4, 0.5) is 21.6 Å². The van der Waals surface area contributed by atoms with Crippen LogP contribution in [-0.4, -0.2) is 57.9 Å². The maximum absolute atomic E-state index is 13.9. The van der Waals surface area contributed by atoms with E-state index in [2.05, 4.69) is 21.2 Å².